The zero-order chi connectivity index (χ0) is 13.7. The Morgan fingerprint density at radius 2 is 1.35 bits per heavy atom. The van der Waals surface area contributed by atoms with Gasteiger partial charge in [0.1, 0.15) is 0 Å². The number of rotatable bonds is 0. The predicted octanol–water partition coefficient (Wildman–Crippen LogP) is 5.28. The Kier molecular flexibility index (Phi) is 13.9. The van der Waals surface area contributed by atoms with Gasteiger partial charge in [-0.3, -0.25) is 4.79 Å². The van der Waals surface area contributed by atoms with Crippen LogP contribution in [-0.2, 0) is 6.42 Å². The summed E-state index contributed by atoms with van der Waals surface area (Å²) in [6.45, 7) is 12.0. The molecule has 0 aliphatic heterocycles. The van der Waals surface area contributed by atoms with Crippen molar-refractivity contribution in [1.29, 1.82) is 0 Å². The van der Waals surface area contributed by atoms with Gasteiger partial charge in [0.05, 0.1) is 0 Å². The van der Waals surface area contributed by atoms with Gasteiger partial charge in [-0.05, 0) is 18.4 Å². The van der Waals surface area contributed by atoms with Crippen LogP contribution in [0, 0.1) is 0 Å². The van der Waals surface area contributed by atoms with Crippen molar-refractivity contribution in [3.63, 3.8) is 0 Å². The molecule has 0 saturated carbocycles. The molecule has 1 aromatic carbocycles. The van der Waals surface area contributed by atoms with Crippen molar-refractivity contribution < 1.29 is 4.79 Å². The fourth-order valence-electron chi connectivity index (χ4n) is 1.58. The van der Waals surface area contributed by atoms with E-state index in [9.17, 15) is 4.79 Å². The quantitative estimate of drug-likeness (QED) is 0.598. The van der Waals surface area contributed by atoms with Gasteiger partial charge in [0.2, 0.25) is 0 Å². The van der Waals surface area contributed by atoms with Crippen LogP contribution in [0.1, 0.15) is 70.3 Å². The van der Waals surface area contributed by atoms with Crippen molar-refractivity contribution in [3.8, 4) is 0 Å². The molecule has 0 bridgehead atoms. The summed E-state index contributed by atoms with van der Waals surface area (Å²) in [5, 5.41) is 0. The highest BCUT2D eigenvalue weighted by atomic mass is 16.1. The first-order valence-corrected chi connectivity index (χ1v) is 6.99. The minimum absolute atomic E-state index is 0.312. The van der Waals surface area contributed by atoms with Gasteiger partial charge in [-0.25, -0.2) is 0 Å². The summed E-state index contributed by atoms with van der Waals surface area (Å²) in [6.07, 6.45) is 2.83. The van der Waals surface area contributed by atoms with E-state index in [1.165, 1.54) is 5.56 Å². The van der Waals surface area contributed by atoms with Crippen molar-refractivity contribution in [2.45, 2.75) is 60.8 Å². The second kappa shape index (κ2) is 13.0. The number of ketones is 1. The fourth-order valence-corrected chi connectivity index (χ4v) is 1.58. The molecule has 0 fully saturated rings. The maximum atomic E-state index is 11.3. The molecule has 0 heterocycles. The third-order valence-electron chi connectivity index (χ3n) is 2.17. The van der Waals surface area contributed by atoms with E-state index in [0.717, 1.165) is 24.8 Å². The van der Waals surface area contributed by atoms with Gasteiger partial charge in [-0.1, -0.05) is 65.8 Å². The molecule has 1 aliphatic rings. The Balaban J connectivity index is 0. The maximum absolute atomic E-state index is 11.3. The number of hydrogen-bond acceptors (Lipinski definition) is 1. The zero-order valence-electron chi connectivity index (χ0n) is 12.3. The first-order chi connectivity index (χ1) is 8.38. The standard InChI is InChI=1S/C10H10O.3C2H6/c11-10-7-3-5-8-4-1-2-6-9(8)10;3*1-2/h1-2,4,6H,3,5,7H2;3*1-2H3. The molecule has 0 unspecified atom stereocenters. The number of hydrogen-bond donors (Lipinski definition) is 0. The van der Waals surface area contributed by atoms with E-state index in [0.29, 0.717) is 5.78 Å². The number of carbonyl (C=O) groups is 1. The molecule has 2 rings (SSSR count). The van der Waals surface area contributed by atoms with E-state index in [1.54, 1.807) is 0 Å². The molecule has 1 nitrogen and oxygen atoms in total. The lowest BCUT2D eigenvalue weighted by Gasteiger charge is -2.12. The summed E-state index contributed by atoms with van der Waals surface area (Å²) in [4.78, 5) is 11.3. The highest BCUT2D eigenvalue weighted by molar-refractivity contribution is 5.98. The van der Waals surface area contributed by atoms with Crippen LogP contribution < -0.4 is 0 Å². The Morgan fingerprint density at radius 1 is 0.824 bits per heavy atom. The maximum Gasteiger partial charge on any atom is 0.163 e. The van der Waals surface area contributed by atoms with E-state index in [4.69, 9.17) is 0 Å². The summed E-state index contributed by atoms with van der Waals surface area (Å²) in [6, 6.07) is 7.91. The van der Waals surface area contributed by atoms with Crippen molar-refractivity contribution in [1.82, 2.24) is 0 Å². The molecule has 0 saturated heterocycles. The Labute approximate surface area is 107 Å². The topological polar surface area (TPSA) is 17.1 Å². The van der Waals surface area contributed by atoms with E-state index in [2.05, 4.69) is 0 Å². The molecule has 17 heavy (non-hydrogen) atoms. The molecule has 1 aromatic rings. The smallest absolute Gasteiger partial charge is 0.163 e. The highest BCUT2D eigenvalue weighted by Crippen LogP contribution is 2.19. The summed E-state index contributed by atoms with van der Waals surface area (Å²) in [5.41, 5.74) is 2.17. The number of carbonyl (C=O) groups excluding carboxylic acids is 1. The lowest BCUT2D eigenvalue weighted by Crippen LogP contribution is -2.09. The molecule has 0 aromatic heterocycles. The van der Waals surface area contributed by atoms with Crippen LogP contribution in [0.4, 0.5) is 0 Å². The van der Waals surface area contributed by atoms with Crippen molar-refractivity contribution >= 4 is 5.78 Å². The molecule has 0 radical (unpaired) electrons. The van der Waals surface area contributed by atoms with Gasteiger partial charge < -0.3 is 0 Å². The van der Waals surface area contributed by atoms with Gasteiger partial charge in [0, 0.05) is 12.0 Å². The van der Waals surface area contributed by atoms with Gasteiger partial charge in [-0.15, -0.1) is 0 Å². The zero-order valence-corrected chi connectivity index (χ0v) is 12.3. The normalized spacial score (nSPS) is 11.5. The minimum atomic E-state index is 0.312. The Bertz CT molecular complexity index is 289. The van der Waals surface area contributed by atoms with Gasteiger partial charge in [0.15, 0.2) is 5.78 Å². The molecule has 0 amide bonds. The molecule has 0 spiro atoms. The van der Waals surface area contributed by atoms with E-state index < -0.39 is 0 Å². The minimum Gasteiger partial charge on any atom is -0.294 e. The van der Waals surface area contributed by atoms with Crippen molar-refractivity contribution in [2.75, 3.05) is 0 Å². The lowest BCUT2D eigenvalue weighted by molar-refractivity contribution is 0.0972. The van der Waals surface area contributed by atoms with Crippen LogP contribution in [0.2, 0.25) is 0 Å². The monoisotopic (exact) mass is 236 g/mol. The second-order valence-electron chi connectivity index (χ2n) is 2.93. The molecular formula is C16H28O. The van der Waals surface area contributed by atoms with Crippen molar-refractivity contribution in [3.05, 3.63) is 35.4 Å². The van der Waals surface area contributed by atoms with E-state index >= 15 is 0 Å². The van der Waals surface area contributed by atoms with E-state index in [-0.39, 0.29) is 0 Å². The predicted molar refractivity (Wildman–Crippen MR) is 77.8 cm³/mol. The third-order valence-corrected chi connectivity index (χ3v) is 2.17. The summed E-state index contributed by atoms with van der Waals surface area (Å²) in [5.74, 6) is 0.312. The molecule has 98 valence electrons. The van der Waals surface area contributed by atoms with Crippen LogP contribution >= 0.6 is 0 Å². The number of fused-ring (bicyclic) bond motifs is 1. The molecule has 1 heteroatoms. The fraction of sp³-hybridized carbons (Fsp3) is 0.562. The average Bonchev–Trinajstić information content (AvgIpc) is 2.46. The highest BCUT2D eigenvalue weighted by Gasteiger charge is 2.14. The number of benzene rings is 1. The summed E-state index contributed by atoms with van der Waals surface area (Å²) < 4.78 is 0. The molecule has 0 atom stereocenters. The summed E-state index contributed by atoms with van der Waals surface area (Å²) in [7, 11) is 0. The largest absolute Gasteiger partial charge is 0.294 e. The van der Waals surface area contributed by atoms with Crippen LogP contribution in [0.15, 0.2) is 24.3 Å². The number of Topliss-reactive ketones (excluding diaryl/α,β-unsaturated/α-hetero) is 1. The number of aryl methyl sites for hydroxylation is 1. The average molecular weight is 236 g/mol. The summed E-state index contributed by atoms with van der Waals surface area (Å²) >= 11 is 0. The lowest BCUT2D eigenvalue weighted by atomic mass is 9.91. The van der Waals surface area contributed by atoms with Crippen LogP contribution in [0.3, 0.4) is 0 Å². The molecule has 0 N–H and O–H groups in total. The first kappa shape index (κ1) is 18.3. The van der Waals surface area contributed by atoms with Crippen LogP contribution in [-0.4, -0.2) is 5.78 Å². The molecule has 1 aliphatic carbocycles. The second-order valence-corrected chi connectivity index (χ2v) is 2.93. The van der Waals surface area contributed by atoms with Crippen molar-refractivity contribution in [2.24, 2.45) is 0 Å². The Morgan fingerprint density at radius 3 is 1.88 bits per heavy atom. The van der Waals surface area contributed by atoms with Crippen LogP contribution in [0.25, 0.3) is 0 Å². The third kappa shape index (κ3) is 6.25. The first-order valence-electron chi connectivity index (χ1n) is 6.99. The SMILES string of the molecule is CC.CC.CC.O=C1CCCc2ccccc21. The van der Waals surface area contributed by atoms with E-state index in [1.807, 2.05) is 65.8 Å². The van der Waals surface area contributed by atoms with Gasteiger partial charge in [0.25, 0.3) is 0 Å². The Hall–Kier alpha value is -1.11. The molecular weight excluding hydrogens is 208 g/mol. The van der Waals surface area contributed by atoms with Crippen LogP contribution in [0.5, 0.6) is 0 Å². The van der Waals surface area contributed by atoms with Gasteiger partial charge in [-0.2, -0.15) is 0 Å². The van der Waals surface area contributed by atoms with Gasteiger partial charge >= 0.3 is 0 Å².